The van der Waals surface area contributed by atoms with Crippen molar-refractivity contribution in [3.63, 3.8) is 0 Å². The second kappa shape index (κ2) is 7.75. The number of hydrogen-bond donors (Lipinski definition) is 0. The van der Waals surface area contributed by atoms with Gasteiger partial charge in [-0.1, -0.05) is 38.1 Å². The van der Waals surface area contributed by atoms with Crippen molar-refractivity contribution in [1.29, 1.82) is 0 Å². The molecule has 2 aromatic rings. The molecule has 0 aliphatic carbocycles. The fourth-order valence-electron chi connectivity index (χ4n) is 3.52. The van der Waals surface area contributed by atoms with Crippen molar-refractivity contribution >= 4 is 5.82 Å². The number of anilines is 1. The molecule has 1 aromatic heterocycles. The Morgan fingerprint density at radius 3 is 2.67 bits per heavy atom. The summed E-state index contributed by atoms with van der Waals surface area (Å²) < 4.78 is 0. The molecule has 0 spiro atoms. The van der Waals surface area contributed by atoms with Crippen molar-refractivity contribution in [2.75, 3.05) is 25.0 Å². The van der Waals surface area contributed by atoms with Crippen LogP contribution in [0.15, 0.2) is 42.6 Å². The first-order valence-corrected chi connectivity index (χ1v) is 8.95. The van der Waals surface area contributed by atoms with Gasteiger partial charge in [0.05, 0.1) is 0 Å². The maximum atomic E-state index is 4.29. The molecule has 128 valence electrons. The van der Waals surface area contributed by atoms with Gasteiger partial charge in [0.15, 0.2) is 5.82 Å². The van der Waals surface area contributed by atoms with Crippen molar-refractivity contribution in [2.24, 2.45) is 0 Å². The number of nitrogens with zero attached hydrogens (tertiary/aromatic N) is 4. The van der Waals surface area contributed by atoms with Gasteiger partial charge in [0.25, 0.3) is 0 Å². The maximum absolute atomic E-state index is 4.29. The molecule has 1 fully saturated rings. The summed E-state index contributed by atoms with van der Waals surface area (Å²) in [6.07, 6.45) is 4.20. The van der Waals surface area contributed by atoms with Crippen molar-refractivity contribution in [2.45, 2.75) is 45.2 Å². The molecule has 1 unspecified atom stereocenters. The van der Waals surface area contributed by atoms with Crippen LogP contribution in [0.4, 0.5) is 5.82 Å². The summed E-state index contributed by atoms with van der Waals surface area (Å²) in [7, 11) is 2.21. The lowest BCUT2D eigenvalue weighted by molar-refractivity contribution is 0.303. The zero-order valence-electron chi connectivity index (χ0n) is 15.0. The molecule has 4 nitrogen and oxygen atoms in total. The van der Waals surface area contributed by atoms with Gasteiger partial charge >= 0.3 is 0 Å². The van der Waals surface area contributed by atoms with Crippen LogP contribution >= 0.6 is 0 Å². The highest BCUT2D eigenvalue weighted by molar-refractivity contribution is 5.39. The minimum absolute atomic E-state index is 0.529. The molecular formula is C20H28N4. The minimum Gasteiger partial charge on any atom is -0.351 e. The van der Waals surface area contributed by atoms with E-state index >= 15 is 0 Å². The van der Waals surface area contributed by atoms with Gasteiger partial charge < -0.3 is 9.80 Å². The molecule has 3 rings (SSSR count). The molecule has 0 amide bonds. The van der Waals surface area contributed by atoms with Crippen LogP contribution in [0, 0.1) is 0 Å². The number of benzene rings is 1. The highest BCUT2D eigenvalue weighted by Crippen LogP contribution is 2.24. The summed E-state index contributed by atoms with van der Waals surface area (Å²) in [4.78, 5) is 4.83. The van der Waals surface area contributed by atoms with Gasteiger partial charge in [-0.15, -0.1) is 5.10 Å². The lowest BCUT2D eigenvalue weighted by Gasteiger charge is -2.29. The van der Waals surface area contributed by atoms with E-state index in [1.54, 1.807) is 6.20 Å². The van der Waals surface area contributed by atoms with Crippen LogP contribution in [0.25, 0.3) is 0 Å². The Balaban J connectivity index is 1.58. The second-order valence-corrected chi connectivity index (χ2v) is 7.16. The fourth-order valence-corrected chi connectivity index (χ4v) is 3.52. The Labute approximate surface area is 145 Å². The first-order valence-electron chi connectivity index (χ1n) is 8.95. The van der Waals surface area contributed by atoms with Crippen molar-refractivity contribution in [3.05, 3.63) is 53.7 Å². The van der Waals surface area contributed by atoms with Crippen LogP contribution in [0.2, 0.25) is 0 Å². The molecule has 1 atom stereocenters. The van der Waals surface area contributed by atoms with Gasteiger partial charge in [-0.2, -0.15) is 5.10 Å². The van der Waals surface area contributed by atoms with Crippen LogP contribution < -0.4 is 4.90 Å². The Morgan fingerprint density at radius 2 is 2.00 bits per heavy atom. The molecule has 24 heavy (non-hydrogen) atoms. The van der Waals surface area contributed by atoms with Gasteiger partial charge in [0.1, 0.15) is 0 Å². The summed E-state index contributed by atoms with van der Waals surface area (Å²) in [5.74, 6) is 1.60. The molecule has 2 heterocycles. The zero-order valence-corrected chi connectivity index (χ0v) is 15.0. The quantitative estimate of drug-likeness (QED) is 0.811. The lowest BCUT2D eigenvalue weighted by Crippen LogP contribution is -2.39. The fraction of sp³-hybridized carbons (Fsp3) is 0.500. The third-order valence-electron chi connectivity index (χ3n) is 4.85. The van der Waals surface area contributed by atoms with Gasteiger partial charge in [-0.25, -0.2) is 0 Å². The van der Waals surface area contributed by atoms with Crippen molar-refractivity contribution < 1.29 is 0 Å². The monoisotopic (exact) mass is 324 g/mol. The van der Waals surface area contributed by atoms with E-state index in [0.717, 1.165) is 25.5 Å². The minimum atomic E-state index is 0.529. The molecule has 1 aliphatic heterocycles. The number of likely N-dealkylation sites (N-methyl/N-ethyl adjacent to an activating group) is 1. The first-order chi connectivity index (χ1) is 11.6. The number of hydrogen-bond acceptors (Lipinski definition) is 4. The van der Waals surface area contributed by atoms with E-state index in [1.807, 2.05) is 6.07 Å². The number of aromatic nitrogens is 2. The molecular weight excluding hydrogens is 296 g/mol. The average molecular weight is 324 g/mol. The standard InChI is InChI=1S/C20H28N4/c1-16(2)18-10-8-17(9-11-18)14-23(3)15-19-6-5-13-24(19)20-7-4-12-21-22-20/h4,7-12,16,19H,5-6,13-15H2,1-3H3. The van der Waals surface area contributed by atoms with Crippen molar-refractivity contribution in [1.82, 2.24) is 15.1 Å². The number of rotatable bonds is 6. The van der Waals surface area contributed by atoms with Crippen LogP contribution in [0.3, 0.4) is 0 Å². The Kier molecular flexibility index (Phi) is 5.46. The van der Waals surface area contributed by atoms with Crippen molar-refractivity contribution in [3.8, 4) is 0 Å². The summed E-state index contributed by atoms with van der Waals surface area (Å²) in [6.45, 7) is 7.61. The third-order valence-corrected chi connectivity index (χ3v) is 4.85. The van der Waals surface area contributed by atoms with Gasteiger partial charge in [-0.05, 0) is 49.1 Å². The van der Waals surface area contributed by atoms with Crippen LogP contribution in [-0.2, 0) is 6.54 Å². The van der Waals surface area contributed by atoms with Crippen LogP contribution in [-0.4, -0.2) is 41.3 Å². The smallest absolute Gasteiger partial charge is 0.151 e. The summed E-state index contributed by atoms with van der Waals surface area (Å²) in [5, 5.41) is 8.31. The van der Waals surface area contributed by atoms with E-state index in [4.69, 9.17) is 0 Å². The zero-order chi connectivity index (χ0) is 16.9. The molecule has 0 bridgehead atoms. The maximum Gasteiger partial charge on any atom is 0.151 e. The van der Waals surface area contributed by atoms with Gasteiger partial charge in [0.2, 0.25) is 0 Å². The molecule has 4 heteroatoms. The van der Waals surface area contributed by atoms with E-state index in [9.17, 15) is 0 Å². The van der Waals surface area contributed by atoms with Gasteiger partial charge in [0, 0.05) is 31.9 Å². The molecule has 0 N–H and O–H groups in total. The summed E-state index contributed by atoms with van der Waals surface area (Å²) >= 11 is 0. The molecule has 1 aromatic carbocycles. The normalized spacial score (nSPS) is 17.9. The molecule has 1 aliphatic rings. The van der Waals surface area contributed by atoms with E-state index in [1.165, 1.54) is 24.0 Å². The highest BCUT2D eigenvalue weighted by atomic mass is 15.3. The first kappa shape index (κ1) is 16.9. The van der Waals surface area contributed by atoms with Crippen LogP contribution in [0.5, 0.6) is 0 Å². The largest absolute Gasteiger partial charge is 0.351 e. The topological polar surface area (TPSA) is 32.3 Å². The van der Waals surface area contributed by atoms with Crippen LogP contribution in [0.1, 0.15) is 43.7 Å². The third kappa shape index (κ3) is 4.12. The van der Waals surface area contributed by atoms with E-state index in [-0.39, 0.29) is 0 Å². The molecule has 1 saturated heterocycles. The SMILES string of the molecule is CC(C)c1ccc(CN(C)CC2CCCN2c2cccnn2)cc1. The van der Waals surface area contributed by atoms with E-state index < -0.39 is 0 Å². The molecule has 0 saturated carbocycles. The Hall–Kier alpha value is -1.94. The van der Waals surface area contributed by atoms with E-state index in [0.29, 0.717) is 12.0 Å². The predicted molar refractivity (Wildman–Crippen MR) is 99.3 cm³/mol. The highest BCUT2D eigenvalue weighted by Gasteiger charge is 2.26. The molecule has 0 radical (unpaired) electrons. The Bertz CT molecular complexity index is 624. The summed E-state index contributed by atoms with van der Waals surface area (Å²) in [5.41, 5.74) is 2.79. The predicted octanol–water partition coefficient (Wildman–Crippen LogP) is 3.70. The Morgan fingerprint density at radius 1 is 1.21 bits per heavy atom. The lowest BCUT2D eigenvalue weighted by atomic mass is 10.0. The second-order valence-electron chi connectivity index (χ2n) is 7.16. The average Bonchev–Trinajstić information content (AvgIpc) is 3.04. The van der Waals surface area contributed by atoms with Gasteiger partial charge in [-0.3, -0.25) is 0 Å². The summed E-state index contributed by atoms with van der Waals surface area (Å²) in [6, 6.07) is 13.6. The van der Waals surface area contributed by atoms with E-state index in [2.05, 4.69) is 71.2 Å².